The third kappa shape index (κ3) is 5.01. The molecule has 0 saturated heterocycles. The Balaban J connectivity index is 2.55. The van der Waals surface area contributed by atoms with Crippen LogP contribution in [0.5, 0.6) is 0 Å². The summed E-state index contributed by atoms with van der Waals surface area (Å²) >= 11 is 1.34. The van der Waals surface area contributed by atoms with E-state index in [0.717, 1.165) is 0 Å². The number of hydrogen-bond donors (Lipinski definition) is 1. The Morgan fingerprint density at radius 2 is 2.00 bits per heavy atom. The molecule has 22 heavy (non-hydrogen) atoms. The van der Waals surface area contributed by atoms with Crippen molar-refractivity contribution in [1.82, 2.24) is 5.32 Å². The van der Waals surface area contributed by atoms with Crippen molar-refractivity contribution in [2.24, 2.45) is 11.8 Å². The van der Waals surface area contributed by atoms with Crippen molar-refractivity contribution in [3.8, 4) is 0 Å². The van der Waals surface area contributed by atoms with Crippen molar-refractivity contribution in [2.45, 2.75) is 25.8 Å². The summed E-state index contributed by atoms with van der Waals surface area (Å²) in [5.41, 5.74) is 0. The maximum Gasteiger partial charge on any atom is 0.329 e. The summed E-state index contributed by atoms with van der Waals surface area (Å²) in [6, 6.07) is -0.763. The average molecular weight is 331 g/mol. The highest BCUT2D eigenvalue weighted by atomic mass is 32.2. The van der Waals surface area contributed by atoms with Gasteiger partial charge in [-0.25, -0.2) is 4.79 Å². The zero-order valence-corrected chi connectivity index (χ0v) is 13.7. The van der Waals surface area contributed by atoms with Crippen LogP contribution < -0.4 is 5.32 Å². The van der Waals surface area contributed by atoms with Crippen molar-refractivity contribution in [2.75, 3.05) is 25.7 Å². The highest BCUT2D eigenvalue weighted by molar-refractivity contribution is 7.99. The molecule has 3 atom stereocenters. The monoisotopic (exact) mass is 331 g/mol. The van der Waals surface area contributed by atoms with E-state index in [4.69, 9.17) is 4.74 Å². The summed E-state index contributed by atoms with van der Waals surface area (Å²) in [4.78, 5) is 46.2. The molecule has 1 aliphatic carbocycles. The molecule has 1 saturated carbocycles. The first-order chi connectivity index (χ1) is 10.4. The van der Waals surface area contributed by atoms with Crippen molar-refractivity contribution in [3.05, 3.63) is 0 Å². The zero-order chi connectivity index (χ0) is 16.7. The summed E-state index contributed by atoms with van der Waals surface area (Å²) in [7, 11) is 2.55. The van der Waals surface area contributed by atoms with Crippen LogP contribution in [-0.2, 0) is 28.7 Å². The SMILES string of the molecule is COC(=O)C(CSC[C@H]1C(=O)CC[C@@H]1C(=O)OC)NC(C)=O. The van der Waals surface area contributed by atoms with Crippen molar-refractivity contribution in [1.29, 1.82) is 0 Å². The molecule has 0 spiro atoms. The number of hydrogen-bond acceptors (Lipinski definition) is 7. The number of methoxy groups -OCH3 is 2. The number of carbonyl (C=O) groups is 4. The number of ether oxygens (including phenoxy) is 2. The highest BCUT2D eigenvalue weighted by Gasteiger charge is 2.39. The minimum Gasteiger partial charge on any atom is -0.469 e. The molecule has 0 bridgehead atoms. The van der Waals surface area contributed by atoms with E-state index in [1.807, 2.05) is 0 Å². The lowest BCUT2D eigenvalue weighted by Crippen LogP contribution is -2.42. The number of rotatable bonds is 7. The maximum absolute atomic E-state index is 11.9. The van der Waals surface area contributed by atoms with Gasteiger partial charge in [0, 0.05) is 30.8 Å². The quantitative estimate of drug-likeness (QED) is 0.664. The topological polar surface area (TPSA) is 98.8 Å². The van der Waals surface area contributed by atoms with Crippen LogP contribution in [0.3, 0.4) is 0 Å². The number of amides is 1. The molecule has 1 N–H and O–H groups in total. The van der Waals surface area contributed by atoms with E-state index in [1.54, 1.807) is 0 Å². The molecule has 8 heteroatoms. The van der Waals surface area contributed by atoms with Gasteiger partial charge in [-0.3, -0.25) is 14.4 Å². The first-order valence-corrected chi connectivity index (χ1v) is 8.09. The lowest BCUT2D eigenvalue weighted by molar-refractivity contribution is -0.147. The van der Waals surface area contributed by atoms with E-state index >= 15 is 0 Å². The van der Waals surface area contributed by atoms with Crippen LogP contribution in [0.2, 0.25) is 0 Å². The van der Waals surface area contributed by atoms with Crippen LogP contribution in [0.1, 0.15) is 19.8 Å². The van der Waals surface area contributed by atoms with Gasteiger partial charge in [0.2, 0.25) is 5.91 Å². The minimum absolute atomic E-state index is 0.0389. The number of esters is 2. The van der Waals surface area contributed by atoms with E-state index in [1.165, 1.54) is 32.9 Å². The van der Waals surface area contributed by atoms with Crippen molar-refractivity contribution in [3.63, 3.8) is 0 Å². The molecular weight excluding hydrogens is 310 g/mol. The largest absolute Gasteiger partial charge is 0.469 e. The lowest BCUT2D eigenvalue weighted by Gasteiger charge is -2.18. The molecule has 124 valence electrons. The van der Waals surface area contributed by atoms with Gasteiger partial charge in [0.25, 0.3) is 0 Å². The van der Waals surface area contributed by atoms with Gasteiger partial charge in [-0.15, -0.1) is 0 Å². The van der Waals surface area contributed by atoms with Crippen LogP contribution in [-0.4, -0.2) is 55.4 Å². The Bertz CT molecular complexity index is 453. The Kier molecular flexibility index (Phi) is 7.37. The lowest BCUT2D eigenvalue weighted by atomic mass is 9.98. The van der Waals surface area contributed by atoms with E-state index in [0.29, 0.717) is 18.6 Å². The molecule has 1 fully saturated rings. The predicted octanol–water partition coefficient (Wildman–Crippen LogP) is 0.166. The second kappa shape index (κ2) is 8.77. The predicted molar refractivity (Wildman–Crippen MR) is 80.2 cm³/mol. The van der Waals surface area contributed by atoms with Gasteiger partial charge in [0.1, 0.15) is 11.8 Å². The molecule has 1 amide bonds. The summed E-state index contributed by atoms with van der Waals surface area (Å²) in [5.74, 6) is -1.32. The van der Waals surface area contributed by atoms with Crippen molar-refractivity contribution < 1.29 is 28.7 Å². The number of Topliss-reactive ketones (excluding diaryl/α,β-unsaturated/α-hetero) is 1. The van der Waals surface area contributed by atoms with E-state index < -0.39 is 23.8 Å². The molecule has 0 aromatic heterocycles. The second-order valence-electron chi connectivity index (χ2n) is 5.05. The van der Waals surface area contributed by atoms with Gasteiger partial charge in [0.15, 0.2) is 0 Å². The van der Waals surface area contributed by atoms with Crippen LogP contribution in [0.15, 0.2) is 0 Å². The van der Waals surface area contributed by atoms with E-state index in [2.05, 4.69) is 10.1 Å². The summed E-state index contributed by atoms with van der Waals surface area (Å²) in [5, 5.41) is 2.50. The average Bonchev–Trinajstić information content (AvgIpc) is 2.85. The van der Waals surface area contributed by atoms with Gasteiger partial charge in [-0.05, 0) is 6.42 Å². The number of thioether (sulfide) groups is 1. The molecule has 0 heterocycles. The first-order valence-electron chi connectivity index (χ1n) is 6.93. The molecule has 1 aliphatic rings. The fraction of sp³-hybridized carbons (Fsp3) is 0.714. The Labute approximate surface area is 133 Å². The third-order valence-electron chi connectivity index (χ3n) is 3.55. The van der Waals surface area contributed by atoms with Crippen LogP contribution in [0.25, 0.3) is 0 Å². The highest BCUT2D eigenvalue weighted by Crippen LogP contribution is 2.32. The smallest absolute Gasteiger partial charge is 0.329 e. The van der Waals surface area contributed by atoms with Gasteiger partial charge >= 0.3 is 11.9 Å². The van der Waals surface area contributed by atoms with Crippen LogP contribution in [0.4, 0.5) is 0 Å². The Morgan fingerprint density at radius 1 is 1.32 bits per heavy atom. The standard InChI is InChI=1S/C14H21NO6S/c1-8(16)15-11(14(19)21-3)7-22-6-10-9(13(18)20-2)4-5-12(10)17/h9-11H,4-7H2,1-3H3,(H,15,16)/t9-,10+,11?/m0/s1. The van der Waals surface area contributed by atoms with Crippen molar-refractivity contribution >= 4 is 35.4 Å². The van der Waals surface area contributed by atoms with Gasteiger partial charge in [-0.1, -0.05) is 0 Å². The zero-order valence-electron chi connectivity index (χ0n) is 12.9. The number of carbonyl (C=O) groups excluding carboxylic acids is 4. The van der Waals surface area contributed by atoms with Gasteiger partial charge < -0.3 is 14.8 Å². The Hall–Kier alpha value is -1.57. The summed E-state index contributed by atoms with van der Waals surface area (Å²) in [6.45, 7) is 1.31. The number of nitrogens with one attached hydrogen (secondary N) is 1. The van der Waals surface area contributed by atoms with Crippen LogP contribution >= 0.6 is 11.8 Å². The summed E-state index contributed by atoms with van der Waals surface area (Å²) in [6.07, 6.45) is 0.875. The first kappa shape index (κ1) is 18.5. The molecule has 1 unspecified atom stereocenters. The molecule has 1 rings (SSSR count). The minimum atomic E-state index is -0.763. The normalized spacial score (nSPS) is 22.0. The molecular formula is C14H21NO6S. The fourth-order valence-corrected chi connectivity index (χ4v) is 3.68. The molecule has 0 aromatic carbocycles. The van der Waals surface area contributed by atoms with Gasteiger partial charge in [-0.2, -0.15) is 11.8 Å². The van der Waals surface area contributed by atoms with E-state index in [9.17, 15) is 19.2 Å². The molecule has 0 radical (unpaired) electrons. The molecule has 0 aliphatic heterocycles. The molecule has 0 aromatic rings. The Morgan fingerprint density at radius 3 is 2.55 bits per heavy atom. The fourth-order valence-electron chi connectivity index (χ4n) is 2.42. The third-order valence-corrected chi connectivity index (χ3v) is 4.71. The summed E-state index contributed by atoms with van der Waals surface area (Å²) < 4.78 is 9.34. The van der Waals surface area contributed by atoms with E-state index in [-0.39, 0.29) is 23.4 Å². The second-order valence-corrected chi connectivity index (χ2v) is 6.13. The van der Waals surface area contributed by atoms with Crippen LogP contribution in [0, 0.1) is 11.8 Å². The molecule has 7 nitrogen and oxygen atoms in total. The van der Waals surface area contributed by atoms with Gasteiger partial charge in [0.05, 0.1) is 20.1 Å². The maximum atomic E-state index is 11.9. The number of ketones is 1.